The molecule has 0 N–H and O–H groups in total. The van der Waals surface area contributed by atoms with E-state index in [1.54, 1.807) is 6.20 Å². The number of hydrogen-bond acceptors (Lipinski definition) is 4. The number of anilines is 1. The molecule has 1 aromatic rings. The van der Waals surface area contributed by atoms with Crippen LogP contribution in [0.2, 0.25) is 0 Å². The second-order valence-corrected chi connectivity index (χ2v) is 7.54. The molecule has 3 aliphatic rings. The average molecular weight is 341 g/mol. The molecule has 4 rings (SSSR count). The number of morpholine rings is 1. The Hall–Kier alpha value is -1.88. The number of likely N-dealkylation sites (tertiary alicyclic amines) is 1. The molecule has 2 fully saturated rings. The van der Waals surface area contributed by atoms with Gasteiger partial charge in [-0.1, -0.05) is 12.2 Å². The van der Waals surface area contributed by atoms with Crippen LogP contribution in [0.3, 0.4) is 0 Å². The third kappa shape index (κ3) is 3.56. The molecule has 5 heteroatoms. The van der Waals surface area contributed by atoms with Crippen molar-refractivity contribution in [1.29, 1.82) is 0 Å². The van der Waals surface area contributed by atoms with Crippen LogP contribution in [0, 0.1) is 5.41 Å². The maximum Gasteiger partial charge on any atom is 0.272 e. The van der Waals surface area contributed by atoms with Crippen molar-refractivity contribution in [3.05, 3.63) is 36.2 Å². The summed E-state index contributed by atoms with van der Waals surface area (Å²) in [6.45, 7) is 4.96. The van der Waals surface area contributed by atoms with Crippen LogP contribution in [0.25, 0.3) is 0 Å². The van der Waals surface area contributed by atoms with Crippen molar-refractivity contribution in [3.8, 4) is 0 Å². The molecule has 3 heterocycles. The molecule has 0 aromatic carbocycles. The van der Waals surface area contributed by atoms with E-state index in [9.17, 15) is 4.79 Å². The standard InChI is InChI=1S/C20H27N3O2/c24-19(23-10-4-8-20(16-23)6-2-1-3-7-20)18-15-17(5-9-21-18)22-11-13-25-14-12-22/h1-2,5,9,15H,3-4,6-8,10-14,16H2. The summed E-state index contributed by atoms with van der Waals surface area (Å²) in [4.78, 5) is 21.7. The van der Waals surface area contributed by atoms with Crippen molar-refractivity contribution in [2.75, 3.05) is 44.3 Å². The van der Waals surface area contributed by atoms with E-state index in [0.717, 1.165) is 64.3 Å². The summed E-state index contributed by atoms with van der Waals surface area (Å²) in [6, 6.07) is 3.95. The second-order valence-electron chi connectivity index (χ2n) is 7.54. The molecule has 1 unspecified atom stereocenters. The van der Waals surface area contributed by atoms with Gasteiger partial charge in [-0.05, 0) is 49.7 Å². The number of pyridine rings is 1. The molecule has 2 aliphatic heterocycles. The van der Waals surface area contributed by atoms with E-state index >= 15 is 0 Å². The Morgan fingerprint density at radius 2 is 2.04 bits per heavy atom. The number of piperidine rings is 1. The Morgan fingerprint density at radius 3 is 2.84 bits per heavy atom. The zero-order valence-corrected chi connectivity index (χ0v) is 14.8. The second kappa shape index (κ2) is 7.16. The molecule has 25 heavy (non-hydrogen) atoms. The van der Waals surface area contributed by atoms with Gasteiger partial charge < -0.3 is 14.5 Å². The van der Waals surface area contributed by atoms with E-state index in [0.29, 0.717) is 11.1 Å². The summed E-state index contributed by atoms with van der Waals surface area (Å²) < 4.78 is 5.42. The van der Waals surface area contributed by atoms with Crippen LogP contribution in [0.15, 0.2) is 30.5 Å². The Bertz CT molecular complexity index is 654. The minimum absolute atomic E-state index is 0.0868. The first-order chi connectivity index (χ1) is 12.3. The van der Waals surface area contributed by atoms with E-state index in [2.05, 4.69) is 22.0 Å². The summed E-state index contributed by atoms with van der Waals surface area (Å²) in [5.41, 5.74) is 1.95. The number of rotatable bonds is 2. The molecule has 0 bridgehead atoms. The zero-order chi connectivity index (χ0) is 17.1. The van der Waals surface area contributed by atoms with E-state index < -0.39 is 0 Å². The minimum Gasteiger partial charge on any atom is -0.378 e. The Balaban J connectivity index is 1.49. The van der Waals surface area contributed by atoms with Crippen LogP contribution in [-0.2, 0) is 4.74 Å². The number of ether oxygens (including phenoxy) is 1. The van der Waals surface area contributed by atoms with Gasteiger partial charge in [-0.15, -0.1) is 0 Å². The maximum atomic E-state index is 13.1. The van der Waals surface area contributed by atoms with Gasteiger partial charge in [-0.25, -0.2) is 0 Å². The quantitative estimate of drug-likeness (QED) is 0.776. The van der Waals surface area contributed by atoms with Gasteiger partial charge in [-0.2, -0.15) is 0 Å². The van der Waals surface area contributed by atoms with Crippen molar-refractivity contribution in [2.24, 2.45) is 5.41 Å². The lowest BCUT2D eigenvalue weighted by Crippen LogP contribution is -2.46. The van der Waals surface area contributed by atoms with Gasteiger partial charge in [0.1, 0.15) is 5.69 Å². The zero-order valence-electron chi connectivity index (χ0n) is 14.8. The molecule has 1 aliphatic carbocycles. The van der Waals surface area contributed by atoms with Crippen LogP contribution in [0.1, 0.15) is 42.6 Å². The lowest BCUT2D eigenvalue weighted by molar-refractivity contribution is 0.0479. The van der Waals surface area contributed by atoms with Crippen LogP contribution in [-0.4, -0.2) is 55.2 Å². The molecular weight excluding hydrogens is 314 g/mol. The molecule has 1 spiro atoms. The third-order valence-electron chi connectivity index (χ3n) is 5.85. The summed E-state index contributed by atoms with van der Waals surface area (Å²) >= 11 is 0. The van der Waals surface area contributed by atoms with E-state index in [1.165, 1.54) is 12.8 Å². The van der Waals surface area contributed by atoms with Crippen molar-refractivity contribution in [3.63, 3.8) is 0 Å². The van der Waals surface area contributed by atoms with E-state index in [4.69, 9.17) is 4.74 Å². The molecule has 1 atom stereocenters. The number of hydrogen-bond donors (Lipinski definition) is 0. The van der Waals surface area contributed by atoms with Gasteiger partial charge in [0.25, 0.3) is 5.91 Å². The number of amides is 1. The number of allylic oxidation sites excluding steroid dienone is 2. The van der Waals surface area contributed by atoms with Crippen molar-refractivity contribution >= 4 is 11.6 Å². The molecule has 134 valence electrons. The molecule has 1 aromatic heterocycles. The number of nitrogens with zero attached hydrogens (tertiary/aromatic N) is 3. The molecule has 0 saturated carbocycles. The van der Waals surface area contributed by atoms with Crippen molar-refractivity contribution in [2.45, 2.75) is 32.1 Å². The highest BCUT2D eigenvalue weighted by Gasteiger charge is 2.37. The summed E-state index contributed by atoms with van der Waals surface area (Å²) in [7, 11) is 0. The minimum atomic E-state index is 0.0868. The third-order valence-corrected chi connectivity index (χ3v) is 5.85. The highest BCUT2D eigenvalue weighted by Crippen LogP contribution is 2.41. The Morgan fingerprint density at radius 1 is 1.16 bits per heavy atom. The van der Waals surface area contributed by atoms with Crippen LogP contribution in [0.5, 0.6) is 0 Å². The smallest absolute Gasteiger partial charge is 0.272 e. The summed E-state index contributed by atoms with van der Waals surface area (Å²) in [6.07, 6.45) is 12.1. The molecule has 2 saturated heterocycles. The highest BCUT2D eigenvalue weighted by molar-refractivity contribution is 5.93. The van der Waals surface area contributed by atoms with E-state index in [-0.39, 0.29) is 5.91 Å². The SMILES string of the molecule is O=C(c1cc(N2CCOCC2)ccn1)N1CCCC2(CC=CCC2)C1. The fourth-order valence-electron chi connectivity index (χ4n) is 4.41. The largest absolute Gasteiger partial charge is 0.378 e. The summed E-state index contributed by atoms with van der Waals surface area (Å²) in [5, 5.41) is 0. The van der Waals surface area contributed by atoms with Gasteiger partial charge in [0, 0.05) is 38.1 Å². The van der Waals surface area contributed by atoms with Crippen molar-refractivity contribution in [1.82, 2.24) is 9.88 Å². The van der Waals surface area contributed by atoms with Gasteiger partial charge in [0.15, 0.2) is 0 Å². The van der Waals surface area contributed by atoms with Gasteiger partial charge in [0.05, 0.1) is 13.2 Å². The number of carbonyl (C=O) groups is 1. The average Bonchev–Trinajstić information content (AvgIpc) is 2.69. The normalized spacial score (nSPS) is 26.9. The van der Waals surface area contributed by atoms with Crippen molar-refractivity contribution < 1.29 is 9.53 Å². The van der Waals surface area contributed by atoms with E-state index in [1.807, 2.05) is 17.0 Å². The highest BCUT2D eigenvalue weighted by atomic mass is 16.5. The maximum absolute atomic E-state index is 13.1. The predicted octanol–water partition coefficient (Wildman–Crippen LogP) is 2.88. The number of aromatic nitrogens is 1. The number of carbonyl (C=O) groups excluding carboxylic acids is 1. The lowest BCUT2D eigenvalue weighted by atomic mass is 9.71. The lowest BCUT2D eigenvalue weighted by Gasteiger charge is -2.43. The van der Waals surface area contributed by atoms with Gasteiger partial charge >= 0.3 is 0 Å². The van der Waals surface area contributed by atoms with Crippen LogP contribution >= 0.6 is 0 Å². The Kier molecular flexibility index (Phi) is 4.75. The van der Waals surface area contributed by atoms with Gasteiger partial charge in [-0.3, -0.25) is 9.78 Å². The first-order valence-electron chi connectivity index (χ1n) is 9.49. The Labute approximate surface area is 149 Å². The van der Waals surface area contributed by atoms with Crippen LogP contribution < -0.4 is 4.90 Å². The predicted molar refractivity (Wildman–Crippen MR) is 97.8 cm³/mol. The van der Waals surface area contributed by atoms with Gasteiger partial charge in [0.2, 0.25) is 0 Å². The first kappa shape index (κ1) is 16.6. The topological polar surface area (TPSA) is 45.7 Å². The monoisotopic (exact) mass is 341 g/mol. The molecule has 1 amide bonds. The first-order valence-corrected chi connectivity index (χ1v) is 9.49. The summed E-state index contributed by atoms with van der Waals surface area (Å²) in [5.74, 6) is 0.0868. The fourth-order valence-corrected chi connectivity index (χ4v) is 4.41. The van der Waals surface area contributed by atoms with Crippen LogP contribution in [0.4, 0.5) is 5.69 Å². The fraction of sp³-hybridized carbons (Fsp3) is 0.600. The molecular formula is C20H27N3O2. The molecule has 5 nitrogen and oxygen atoms in total. The molecule has 0 radical (unpaired) electrons.